The highest BCUT2D eigenvalue weighted by molar-refractivity contribution is 9.10. The van der Waals surface area contributed by atoms with E-state index in [1.54, 1.807) is 0 Å². The summed E-state index contributed by atoms with van der Waals surface area (Å²) in [5.74, 6) is 0.167. The van der Waals surface area contributed by atoms with Gasteiger partial charge in [-0.15, -0.1) is 0 Å². The Labute approximate surface area is 121 Å². The second-order valence-corrected chi connectivity index (χ2v) is 4.48. The van der Waals surface area contributed by atoms with Gasteiger partial charge in [0.15, 0.2) is 5.75 Å². The van der Waals surface area contributed by atoms with E-state index in [1.807, 2.05) is 0 Å². The number of nitro groups is 1. The number of nitrogens with one attached hydrogen (secondary N) is 1. The zero-order chi connectivity index (χ0) is 14.7. The predicted molar refractivity (Wildman–Crippen MR) is 73.9 cm³/mol. The van der Waals surface area contributed by atoms with Crippen LogP contribution in [0, 0.1) is 15.5 Å². The molecule has 2 aromatic rings. The summed E-state index contributed by atoms with van der Waals surface area (Å²) in [5.41, 5.74) is 5.37. The summed E-state index contributed by atoms with van der Waals surface area (Å²) in [6.45, 7) is 0. The summed E-state index contributed by atoms with van der Waals surface area (Å²) >= 11 is 3.22. The van der Waals surface area contributed by atoms with Crippen molar-refractivity contribution in [3.63, 3.8) is 0 Å². The van der Waals surface area contributed by atoms with E-state index in [4.69, 9.17) is 15.9 Å². The van der Waals surface area contributed by atoms with Crippen LogP contribution in [-0.4, -0.2) is 20.7 Å². The number of amidine groups is 1. The van der Waals surface area contributed by atoms with Crippen LogP contribution < -0.4 is 10.5 Å². The molecular weight excluding hydrogens is 330 g/mol. The maximum absolute atomic E-state index is 10.7. The van der Waals surface area contributed by atoms with E-state index < -0.39 is 4.92 Å². The van der Waals surface area contributed by atoms with Crippen LogP contribution in [0.5, 0.6) is 11.6 Å². The molecule has 0 aliphatic carbocycles. The van der Waals surface area contributed by atoms with Crippen LogP contribution in [0.2, 0.25) is 0 Å². The van der Waals surface area contributed by atoms with Crippen molar-refractivity contribution < 1.29 is 9.66 Å². The van der Waals surface area contributed by atoms with Gasteiger partial charge < -0.3 is 10.5 Å². The average Bonchev–Trinajstić information content (AvgIpc) is 2.41. The molecule has 1 aromatic heterocycles. The topological polar surface area (TPSA) is 128 Å². The molecule has 0 saturated carbocycles. The highest BCUT2D eigenvalue weighted by Gasteiger charge is 2.12. The smallest absolute Gasteiger partial charge is 0.273 e. The molecule has 0 atom stereocenters. The number of benzene rings is 1. The fraction of sp³-hybridized carbons (Fsp3) is 0. The molecule has 2 rings (SSSR count). The normalized spacial score (nSPS) is 10.1. The minimum Gasteiger partial charge on any atom is -0.436 e. The van der Waals surface area contributed by atoms with Gasteiger partial charge in [-0.1, -0.05) is 0 Å². The molecule has 0 radical (unpaired) electrons. The molecule has 1 aromatic carbocycles. The SMILES string of the molecule is N=C(N)c1cnc(Oc2cc([N+](=O)[O-])ccc2Br)cn1. The van der Waals surface area contributed by atoms with Gasteiger partial charge >= 0.3 is 0 Å². The van der Waals surface area contributed by atoms with E-state index >= 15 is 0 Å². The minimum atomic E-state index is -0.524. The lowest BCUT2D eigenvalue weighted by Gasteiger charge is -2.06. The van der Waals surface area contributed by atoms with E-state index in [-0.39, 0.29) is 28.8 Å². The van der Waals surface area contributed by atoms with Gasteiger partial charge in [0, 0.05) is 6.07 Å². The molecule has 1 heterocycles. The highest BCUT2D eigenvalue weighted by atomic mass is 79.9. The Bertz CT molecular complexity index is 674. The number of hydrogen-bond acceptors (Lipinski definition) is 6. The first-order valence-electron chi connectivity index (χ1n) is 5.25. The maximum atomic E-state index is 10.7. The summed E-state index contributed by atoms with van der Waals surface area (Å²) in [5, 5.41) is 17.9. The second-order valence-electron chi connectivity index (χ2n) is 3.63. The summed E-state index contributed by atoms with van der Waals surface area (Å²) in [4.78, 5) is 18.0. The van der Waals surface area contributed by atoms with Crippen LogP contribution in [0.3, 0.4) is 0 Å². The van der Waals surface area contributed by atoms with Gasteiger partial charge in [-0.2, -0.15) is 0 Å². The Hall–Kier alpha value is -2.55. The molecule has 3 N–H and O–H groups in total. The average molecular weight is 338 g/mol. The third kappa shape index (κ3) is 3.06. The molecule has 0 spiro atoms. The quantitative estimate of drug-likeness (QED) is 0.381. The minimum absolute atomic E-state index is 0.100. The van der Waals surface area contributed by atoms with Crippen LogP contribution in [0.1, 0.15) is 5.69 Å². The van der Waals surface area contributed by atoms with Crippen molar-refractivity contribution in [1.29, 1.82) is 5.41 Å². The molecule has 0 saturated heterocycles. The lowest BCUT2D eigenvalue weighted by Crippen LogP contribution is -2.13. The van der Waals surface area contributed by atoms with Crippen molar-refractivity contribution in [1.82, 2.24) is 9.97 Å². The first-order chi connectivity index (χ1) is 9.47. The van der Waals surface area contributed by atoms with Gasteiger partial charge in [-0.05, 0) is 22.0 Å². The van der Waals surface area contributed by atoms with Gasteiger partial charge in [-0.3, -0.25) is 15.5 Å². The van der Waals surface area contributed by atoms with Crippen LogP contribution >= 0.6 is 15.9 Å². The number of nitrogen functional groups attached to an aromatic ring is 1. The number of rotatable bonds is 4. The number of ether oxygens (including phenoxy) is 1. The van der Waals surface area contributed by atoms with Crippen molar-refractivity contribution in [2.45, 2.75) is 0 Å². The van der Waals surface area contributed by atoms with Crippen molar-refractivity contribution >= 4 is 27.5 Å². The zero-order valence-electron chi connectivity index (χ0n) is 9.91. The third-order valence-electron chi connectivity index (χ3n) is 2.24. The summed E-state index contributed by atoms with van der Waals surface area (Å²) < 4.78 is 5.94. The second kappa shape index (κ2) is 5.61. The fourth-order valence-corrected chi connectivity index (χ4v) is 1.63. The zero-order valence-corrected chi connectivity index (χ0v) is 11.5. The van der Waals surface area contributed by atoms with Crippen molar-refractivity contribution in [2.24, 2.45) is 5.73 Å². The molecule has 0 aliphatic rings. The van der Waals surface area contributed by atoms with E-state index in [0.717, 1.165) is 0 Å². The molecule has 0 aliphatic heterocycles. The molecule has 0 amide bonds. The summed E-state index contributed by atoms with van der Waals surface area (Å²) in [6, 6.07) is 4.12. The van der Waals surface area contributed by atoms with E-state index in [2.05, 4.69) is 25.9 Å². The Morgan fingerprint density at radius 3 is 2.70 bits per heavy atom. The Kier molecular flexibility index (Phi) is 3.89. The van der Waals surface area contributed by atoms with Gasteiger partial charge in [-0.25, -0.2) is 9.97 Å². The third-order valence-corrected chi connectivity index (χ3v) is 2.90. The number of aromatic nitrogens is 2. The van der Waals surface area contributed by atoms with Gasteiger partial charge in [0.1, 0.15) is 11.5 Å². The van der Waals surface area contributed by atoms with Crippen molar-refractivity contribution in [3.05, 3.63) is 50.9 Å². The Balaban J connectivity index is 2.27. The molecule has 9 heteroatoms. The Morgan fingerprint density at radius 2 is 2.15 bits per heavy atom. The Morgan fingerprint density at radius 1 is 1.40 bits per heavy atom. The van der Waals surface area contributed by atoms with Crippen LogP contribution in [-0.2, 0) is 0 Å². The highest BCUT2D eigenvalue weighted by Crippen LogP contribution is 2.32. The van der Waals surface area contributed by atoms with Crippen LogP contribution in [0.25, 0.3) is 0 Å². The standard InChI is InChI=1S/C11H8BrN5O3/c12-7-2-1-6(17(18)19)3-9(7)20-10-5-15-8(4-16-10)11(13)14/h1-5H,(H3,13,14). The monoisotopic (exact) mass is 337 g/mol. The van der Waals surface area contributed by atoms with E-state index in [1.165, 1.54) is 30.6 Å². The molecule has 0 fully saturated rings. The molecule has 20 heavy (non-hydrogen) atoms. The number of nitrogens with zero attached hydrogens (tertiary/aromatic N) is 3. The fourth-order valence-electron chi connectivity index (χ4n) is 1.30. The van der Waals surface area contributed by atoms with Gasteiger partial charge in [0.2, 0.25) is 5.88 Å². The molecule has 8 nitrogen and oxygen atoms in total. The van der Waals surface area contributed by atoms with Gasteiger partial charge in [0.05, 0.1) is 27.9 Å². The van der Waals surface area contributed by atoms with E-state index in [9.17, 15) is 10.1 Å². The summed E-state index contributed by atoms with van der Waals surface area (Å²) in [6.07, 6.45) is 2.56. The molecule has 102 valence electrons. The number of non-ortho nitro benzene ring substituents is 1. The molecule has 0 unspecified atom stereocenters. The lowest BCUT2D eigenvalue weighted by molar-refractivity contribution is -0.384. The van der Waals surface area contributed by atoms with Crippen molar-refractivity contribution in [3.8, 4) is 11.6 Å². The maximum Gasteiger partial charge on any atom is 0.273 e. The molecule has 0 bridgehead atoms. The lowest BCUT2D eigenvalue weighted by atomic mass is 10.3. The number of nitrogens with two attached hydrogens (primary N) is 1. The van der Waals surface area contributed by atoms with E-state index in [0.29, 0.717) is 4.47 Å². The first kappa shape index (κ1) is 13.9. The van der Waals surface area contributed by atoms with Crippen LogP contribution in [0.4, 0.5) is 5.69 Å². The van der Waals surface area contributed by atoms with Gasteiger partial charge in [0.25, 0.3) is 5.69 Å². The predicted octanol–water partition coefficient (Wildman–Crippen LogP) is 2.22. The number of hydrogen-bond donors (Lipinski definition) is 2. The van der Waals surface area contributed by atoms with Crippen molar-refractivity contribution in [2.75, 3.05) is 0 Å². The number of nitro benzene ring substituents is 1. The molecular formula is C11H8BrN5O3. The largest absolute Gasteiger partial charge is 0.436 e. The summed E-state index contributed by atoms with van der Waals surface area (Å²) in [7, 11) is 0. The first-order valence-corrected chi connectivity index (χ1v) is 6.05. The van der Waals surface area contributed by atoms with Crippen LogP contribution in [0.15, 0.2) is 35.1 Å². The number of halogens is 1.